The molecule has 28 heavy (non-hydrogen) atoms. The van der Waals surface area contributed by atoms with Crippen LogP contribution in [0.2, 0.25) is 0 Å². The van der Waals surface area contributed by atoms with Crippen molar-refractivity contribution in [2.45, 2.75) is 38.4 Å². The first kappa shape index (κ1) is 22.3. The number of ether oxygens (including phenoxy) is 1. The van der Waals surface area contributed by atoms with E-state index in [0.717, 1.165) is 7.05 Å². The zero-order valence-corrected chi connectivity index (χ0v) is 15.7. The van der Waals surface area contributed by atoms with Crippen LogP contribution in [0.25, 0.3) is 0 Å². The van der Waals surface area contributed by atoms with Gasteiger partial charge in [0.05, 0.1) is 11.3 Å². The Labute approximate surface area is 156 Å². The number of hydrogen-bond donors (Lipinski definition) is 1. The second kappa shape index (κ2) is 7.13. The molecule has 7 nitrogen and oxygen atoms in total. The lowest BCUT2D eigenvalue weighted by atomic mass is 10.1. The van der Waals surface area contributed by atoms with Crippen molar-refractivity contribution in [2.75, 3.05) is 19.3 Å². The van der Waals surface area contributed by atoms with Crippen LogP contribution in [0, 0.1) is 0 Å². The lowest BCUT2D eigenvalue weighted by Gasteiger charge is -2.25. The van der Waals surface area contributed by atoms with Gasteiger partial charge in [-0.25, -0.2) is 13.8 Å². The van der Waals surface area contributed by atoms with Gasteiger partial charge in [0.25, 0.3) is 0 Å². The van der Waals surface area contributed by atoms with Crippen LogP contribution in [-0.4, -0.2) is 56.0 Å². The van der Waals surface area contributed by atoms with Crippen molar-refractivity contribution < 1.29 is 44.3 Å². The number of nitrogens with zero attached hydrogens (tertiary/aromatic N) is 2. The number of oxime groups is 1. The molecule has 2 heterocycles. The minimum absolute atomic E-state index is 0.239. The molecular formula is C14H17F6N3O4S. The van der Waals surface area contributed by atoms with Gasteiger partial charge in [0.2, 0.25) is 5.88 Å². The van der Waals surface area contributed by atoms with Crippen LogP contribution in [-0.2, 0) is 19.4 Å². The summed E-state index contributed by atoms with van der Waals surface area (Å²) >= 11 is 0. The van der Waals surface area contributed by atoms with E-state index in [4.69, 9.17) is 4.84 Å². The summed E-state index contributed by atoms with van der Waals surface area (Å²) < 4.78 is 108. The molecule has 0 spiro atoms. The summed E-state index contributed by atoms with van der Waals surface area (Å²) in [4.78, 5) is 4.90. The minimum atomic E-state index is -5.35. The van der Waals surface area contributed by atoms with Gasteiger partial charge in [0, 0.05) is 25.6 Å². The van der Waals surface area contributed by atoms with Crippen molar-refractivity contribution in [3.63, 3.8) is 0 Å². The molecule has 0 unspecified atom stereocenters. The Bertz CT molecular complexity index is 827. The summed E-state index contributed by atoms with van der Waals surface area (Å²) in [5, 5.41) is 3.36. The number of sulfone groups is 1. The van der Waals surface area contributed by atoms with E-state index in [-0.39, 0.29) is 6.42 Å². The molecule has 2 aliphatic rings. The molecule has 0 aromatic heterocycles. The molecule has 160 valence electrons. The Kier molecular flexibility index (Phi) is 5.69. The predicted octanol–water partition coefficient (Wildman–Crippen LogP) is 2.60. The van der Waals surface area contributed by atoms with Crippen LogP contribution in [0.1, 0.15) is 20.3 Å². The Hall–Kier alpha value is -1.96. The molecule has 0 atom stereocenters. The lowest BCUT2D eigenvalue weighted by Crippen LogP contribution is -2.37. The molecule has 2 rings (SSSR count). The first-order valence-electron chi connectivity index (χ1n) is 7.73. The molecule has 0 aliphatic carbocycles. The fourth-order valence-corrected chi connectivity index (χ4v) is 4.05. The SMILES string of the molecule is CN1NCC=C(C(F)(F)F)C(CS(=O)(=O)C2=NOC(C)(C)C2)=C1OC(F)(F)F. The molecule has 14 heteroatoms. The number of halogens is 6. The molecule has 2 aliphatic heterocycles. The van der Waals surface area contributed by atoms with E-state index in [0.29, 0.717) is 11.1 Å². The number of allylic oxidation sites excluding steroid dienone is 1. The van der Waals surface area contributed by atoms with Gasteiger partial charge >= 0.3 is 12.5 Å². The van der Waals surface area contributed by atoms with E-state index >= 15 is 0 Å². The van der Waals surface area contributed by atoms with Gasteiger partial charge in [0.1, 0.15) is 5.60 Å². The van der Waals surface area contributed by atoms with Gasteiger partial charge in [0.15, 0.2) is 14.9 Å². The molecule has 0 radical (unpaired) electrons. The number of hydrogen-bond acceptors (Lipinski definition) is 7. The average Bonchev–Trinajstić information content (AvgIpc) is 2.79. The second-order valence-corrected chi connectivity index (χ2v) is 8.63. The largest absolute Gasteiger partial charge is 0.574 e. The zero-order valence-electron chi connectivity index (χ0n) is 14.9. The Morgan fingerprint density at radius 2 is 1.89 bits per heavy atom. The average molecular weight is 437 g/mol. The zero-order chi connectivity index (χ0) is 21.5. The van der Waals surface area contributed by atoms with E-state index in [1.165, 1.54) is 13.8 Å². The molecule has 0 aromatic carbocycles. The summed E-state index contributed by atoms with van der Waals surface area (Å²) in [7, 11) is -3.56. The highest BCUT2D eigenvalue weighted by Crippen LogP contribution is 2.37. The highest BCUT2D eigenvalue weighted by Gasteiger charge is 2.45. The molecule has 0 aromatic rings. The van der Waals surface area contributed by atoms with E-state index in [9.17, 15) is 34.8 Å². The monoisotopic (exact) mass is 437 g/mol. The maximum Gasteiger partial charge on any atom is 0.574 e. The Balaban J connectivity index is 2.57. The van der Waals surface area contributed by atoms with E-state index in [2.05, 4.69) is 15.3 Å². The van der Waals surface area contributed by atoms with Gasteiger partial charge in [-0.05, 0) is 13.8 Å². The van der Waals surface area contributed by atoms with Crippen molar-refractivity contribution in [1.29, 1.82) is 0 Å². The third-order valence-corrected chi connectivity index (χ3v) is 5.31. The van der Waals surface area contributed by atoms with E-state index in [1.54, 1.807) is 0 Å². The topological polar surface area (TPSA) is 80.2 Å². The van der Waals surface area contributed by atoms with Crippen molar-refractivity contribution in [3.8, 4) is 0 Å². The first-order chi connectivity index (χ1) is 12.5. The Morgan fingerprint density at radius 3 is 2.36 bits per heavy atom. The quantitative estimate of drug-likeness (QED) is 0.684. The van der Waals surface area contributed by atoms with Crippen LogP contribution < -0.4 is 5.43 Å². The number of alkyl halides is 6. The summed E-state index contributed by atoms with van der Waals surface area (Å²) in [5.41, 5.74) is -1.51. The summed E-state index contributed by atoms with van der Waals surface area (Å²) in [5.74, 6) is -2.73. The lowest BCUT2D eigenvalue weighted by molar-refractivity contribution is -0.315. The number of rotatable bonds is 3. The Morgan fingerprint density at radius 1 is 1.29 bits per heavy atom. The second-order valence-electron chi connectivity index (χ2n) is 6.64. The maximum absolute atomic E-state index is 13.4. The third-order valence-electron chi connectivity index (χ3n) is 3.71. The van der Waals surface area contributed by atoms with Crippen molar-refractivity contribution in [2.24, 2.45) is 5.16 Å². The summed E-state index contributed by atoms with van der Waals surface area (Å²) in [6, 6.07) is 0. The highest BCUT2D eigenvalue weighted by molar-refractivity contribution is 8.06. The van der Waals surface area contributed by atoms with Crippen molar-refractivity contribution in [3.05, 3.63) is 23.1 Å². The van der Waals surface area contributed by atoms with Crippen LogP contribution in [0.5, 0.6) is 0 Å². The van der Waals surface area contributed by atoms with Crippen molar-refractivity contribution >= 4 is 14.9 Å². The third kappa shape index (κ3) is 5.31. The molecular weight excluding hydrogens is 420 g/mol. The fraction of sp³-hybridized carbons (Fsp3) is 0.643. The molecule has 1 N–H and O–H groups in total. The molecule has 0 fully saturated rings. The van der Waals surface area contributed by atoms with Gasteiger partial charge < -0.3 is 9.57 Å². The normalized spacial score (nSPS) is 21.1. The van der Waals surface area contributed by atoms with Crippen LogP contribution in [0.3, 0.4) is 0 Å². The minimum Gasteiger partial charge on any atom is -0.389 e. The predicted molar refractivity (Wildman–Crippen MR) is 85.1 cm³/mol. The first-order valence-corrected chi connectivity index (χ1v) is 9.39. The van der Waals surface area contributed by atoms with Crippen LogP contribution >= 0.6 is 0 Å². The van der Waals surface area contributed by atoms with Gasteiger partial charge in [-0.15, -0.1) is 13.2 Å². The van der Waals surface area contributed by atoms with Gasteiger partial charge in [-0.2, -0.15) is 13.2 Å². The molecule has 0 saturated heterocycles. The van der Waals surface area contributed by atoms with Gasteiger partial charge in [-0.3, -0.25) is 5.01 Å². The highest BCUT2D eigenvalue weighted by atomic mass is 32.2. The number of hydrazine groups is 1. The van der Waals surface area contributed by atoms with Crippen LogP contribution in [0.15, 0.2) is 28.3 Å². The summed E-state index contributed by atoms with van der Waals surface area (Å²) in [6.45, 7) is 2.50. The van der Waals surface area contributed by atoms with E-state index in [1.807, 2.05) is 0 Å². The standard InChI is InChI=1S/C14H17F6N3O4S/c1-12(2)6-10(22-27-12)28(24,25)7-8-9(13(15,16)17)4-5-21-23(3)11(8)26-14(18,19)20/h4,21H,5-7H2,1-3H3. The molecule has 0 saturated carbocycles. The van der Waals surface area contributed by atoms with Gasteiger partial charge in [-0.1, -0.05) is 11.2 Å². The van der Waals surface area contributed by atoms with Crippen LogP contribution in [0.4, 0.5) is 26.3 Å². The molecule has 0 bridgehead atoms. The van der Waals surface area contributed by atoms with Crippen molar-refractivity contribution in [1.82, 2.24) is 10.4 Å². The summed E-state index contributed by atoms with van der Waals surface area (Å²) in [6.07, 6.45) is -10.2. The fourth-order valence-electron chi connectivity index (χ4n) is 2.51. The molecule has 0 amide bonds. The smallest absolute Gasteiger partial charge is 0.389 e. The van der Waals surface area contributed by atoms with E-state index < -0.39 is 62.3 Å². The maximum atomic E-state index is 13.4. The number of nitrogens with one attached hydrogen (secondary N) is 1.